The van der Waals surface area contributed by atoms with E-state index in [1.54, 1.807) is 0 Å². The predicted molar refractivity (Wildman–Crippen MR) is 149 cm³/mol. The molecule has 2 aliphatic heterocycles. The second kappa shape index (κ2) is 13.4. The second-order valence-corrected chi connectivity index (χ2v) is 9.20. The van der Waals surface area contributed by atoms with Crippen LogP contribution in [-0.2, 0) is 0 Å². The first-order chi connectivity index (χ1) is 15.0. The van der Waals surface area contributed by atoms with Gasteiger partial charge in [-0.05, 0) is 50.8 Å². The summed E-state index contributed by atoms with van der Waals surface area (Å²) >= 11 is 0. The van der Waals surface area contributed by atoms with Crippen molar-refractivity contribution in [2.45, 2.75) is 39.7 Å². The van der Waals surface area contributed by atoms with Crippen LogP contribution in [0.5, 0.6) is 0 Å². The van der Waals surface area contributed by atoms with Crippen LogP contribution < -0.4 is 15.5 Å². The van der Waals surface area contributed by atoms with Gasteiger partial charge in [0.05, 0.1) is 0 Å². The molecule has 2 N–H and O–H groups in total. The Hall–Kier alpha value is -1.32. The van der Waals surface area contributed by atoms with Gasteiger partial charge in [0.2, 0.25) is 0 Å². The zero-order valence-corrected chi connectivity index (χ0v) is 22.8. The SMILES string of the molecule is C=C(C)CN1CCC(NC(=NC)NCCN2CCN(c3cccc(C)c3C)CC2)CC1.I. The monoisotopic (exact) mass is 554 g/mol. The van der Waals surface area contributed by atoms with Crippen LogP contribution in [-0.4, -0.2) is 87.8 Å². The number of halogens is 1. The third-order valence-electron chi connectivity index (χ3n) is 6.66. The van der Waals surface area contributed by atoms with Crippen LogP contribution in [0.25, 0.3) is 0 Å². The van der Waals surface area contributed by atoms with Crippen molar-refractivity contribution in [1.29, 1.82) is 0 Å². The number of nitrogens with one attached hydrogen (secondary N) is 2. The number of hydrogen-bond donors (Lipinski definition) is 2. The molecule has 6 nitrogen and oxygen atoms in total. The molecule has 0 atom stereocenters. The van der Waals surface area contributed by atoms with Gasteiger partial charge in [0, 0.05) is 77.7 Å². The molecule has 180 valence electrons. The van der Waals surface area contributed by atoms with E-state index in [4.69, 9.17) is 0 Å². The fraction of sp³-hybridized carbons (Fsp3) is 0.640. The van der Waals surface area contributed by atoms with Crippen LogP contribution in [0.15, 0.2) is 35.3 Å². The first-order valence-corrected chi connectivity index (χ1v) is 11.8. The van der Waals surface area contributed by atoms with Crippen molar-refractivity contribution in [2.75, 3.05) is 70.9 Å². The Morgan fingerprint density at radius 2 is 1.75 bits per heavy atom. The molecule has 0 bridgehead atoms. The molecule has 0 unspecified atom stereocenters. The first-order valence-electron chi connectivity index (χ1n) is 11.8. The van der Waals surface area contributed by atoms with E-state index in [2.05, 4.69) is 75.9 Å². The van der Waals surface area contributed by atoms with Gasteiger partial charge >= 0.3 is 0 Å². The number of hydrogen-bond acceptors (Lipinski definition) is 4. The van der Waals surface area contributed by atoms with E-state index in [-0.39, 0.29) is 24.0 Å². The molecule has 7 heteroatoms. The van der Waals surface area contributed by atoms with Crippen LogP contribution in [0.3, 0.4) is 0 Å². The van der Waals surface area contributed by atoms with Crippen molar-refractivity contribution in [3.63, 3.8) is 0 Å². The molecule has 32 heavy (non-hydrogen) atoms. The number of anilines is 1. The van der Waals surface area contributed by atoms with Crippen molar-refractivity contribution >= 4 is 35.6 Å². The molecule has 0 saturated carbocycles. The standard InChI is InChI=1S/C25H42N6.HI/c1-20(2)19-30-12-9-23(10-13-30)28-25(26-5)27-11-14-29-15-17-31(18-16-29)24-8-6-7-21(3)22(24)4;/h6-8,23H,1,9-19H2,2-5H3,(H2,26,27,28);1H. The Labute approximate surface area is 212 Å². The zero-order chi connectivity index (χ0) is 22.2. The number of piperidine rings is 1. The highest BCUT2D eigenvalue weighted by Crippen LogP contribution is 2.23. The van der Waals surface area contributed by atoms with Crippen LogP contribution in [0.1, 0.15) is 30.9 Å². The molecule has 0 amide bonds. The molecule has 1 aromatic rings. The fourth-order valence-corrected chi connectivity index (χ4v) is 4.63. The van der Waals surface area contributed by atoms with Gasteiger partial charge in [0.1, 0.15) is 0 Å². The van der Waals surface area contributed by atoms with Gasteiger partial charge in [-0.15, -0.1) is 24.0 Å². The van der Waals surface area contributed by atoms with Crippen LogP contribution in [0.2, 0.25) is 0 Å². The summed E-state index contributed by atoms with van der Waals surface area (Å²) in [4.78, 5) is 12.0. The van der Waals surface area contributed by atoms with Crippen LogP contribution >= 0.6 is 24.0 Å². The van der Waals surface area contributed by atoms with Gasteiger partial charge in [-0.25, -0.2) is 0 Å². The number of rotatable bonds is 7. The summed E-state index contributed by atoms with van der Waals surface area (Å²) in [7, 11) is 1.87. The molecule has 2 fully saturated rings. The fourth-order valence-electron chi connectivity index (χ4n) is 4.63. The third kappa shape index (κ3) is 7.92. The van der Waals surface area contributed by atoms with Crippen LogP contribution in [0, 0.1) is 13.8 Å². The van der Waals surface area contributed by atoms with E-state index < -0.39 is 0 Å². The van der Waals surface area contributed by atoms with Crippen molar-refractivity contribution in [2.24, 2.45) is 4.99 Å². The minimum absolute atomic E-state index is 0. The molecule has 0 spiro atoms. The lowest BCUT2D eigenvalue weighted by Crippen LogP contribution is -2.51. The molecule has 0 aliphatic carbocycles. The van der Waals surface area contributed by atoms with Gasteiger partial charge < -0.3 is 15.5 Å². The van der Waals surface area contributed by atoms with Crippen molar-refractivity contribution < 1.29 is 0 Å². The van der Waals surface area contributed by atoms with E-state index >= 15 is 0 Å². The number of aliphatic imine (C=N–C) groups is 1. The molecule has 0 aromatic heterocycles. The molecule has 2 aliphatic rings. The van der Waals surface area contributed by atoms with Gasteiger partial charge in [0.25, 0.3) is 0 Å². The average Bonchev–Trinajstić information content (AvgIpc) is 2.76. The number of likely N-dealkylation sites (tertiary alicyclic amines) is 1. The lowest BCUT2D eigenvalue weighted by atomic mass is 10.0. The first kappa shape index (κ1) is 26.9. The maximum atomic E-state index is 4.44. The molecule has 1 aromatic carbocycles. The van der Waals surface area contributed by atoms with Gasteiger partial charge in [0.15, 0.2) is 5.96 Å². The summed E-state index contributed by atoms with van der Waals surface area (Å²) < 4.78 is 0. The predicted octanol–water partition coefficient (Wildman–Crippen LogP) is 3.25. The van der Waals surface area contributed by atoms with Crippen molar-refractivity contribution in [1.82, 2.24) is 20.4 Å². The van der Waals surface area contributed by atoms with Crippen LogP contribution in [0.4, 0.5) is 5.69 Å². The third-order valence-corrected chi connectivity index (χ3v) is 6.66. The number of piperazine rings is 1. The van der Waals surface area contributed by atoms with E-state index in [0.717, 1.165) is 77.7 Å². The Morgan fingerprint density at radius 3 is 2.38 bits per heavy atom. The molecule has 2 saturated heterocycles. The number of benzene rings is 1. The Morgan fingerprint density at radius 1 is 1.06 bits per heavy atom. The Bertz CT molecular complexity index is 749. The lowest BCUT2D eigenvalue weighted by Gasteiger charge is -2.37. The maximum absolute atomic E-state index is 4.44. The van der Waals surface area contributed by atoms with E-state index in [1.165, 1.54) is 22.4 Å². The molecule has 2 heterocycles. The summed E-state index contributed by atoms with van der Waals surface area (Å²) in [5.74, 6) is 0.937. The summed E-state index contributed by atoms with van der Waals surface area (Å²) in [6, 6.07) is 7.15. The van der Waals surface area contributed by atoms with E-state index in [0.29, 0.717) is 6.04 Å². The van der Waals surface area contributed by atoms with Gasteiger partial charge in [-0.2, -0.15) is 0 Å². The highest BCUT2D eigenvalue weighted by Gasteiger charge is 2.21. The smallest absolute Gasteiger partial charge is 0.191 e. The highest BCUT2D eigenvalue weighted by atomic mass is 127. The van der Waals surface area contributed by atoms with Gasteiger partial charge in [-0.1, -0.05) is 24.3 Å². The molecule has 0 radical (unpaired) electrons. The summed E-state index contributed by atoms with van der Waals surface area (Å²) in [6.07, 6.45) is 2.32. The molecular formula is C25H43IN6. The van der Waals surface area contributed by atoms with Crippen molar-refractivity contribution in [3.8, 4) is 0 Å². The van der Waals surface area contributed by atoms with E-state index in [1.807, 2.05) is 7.05 Å². The summed E-state index contributed by atoms with van der Waals surface area (Å²) in [5.41, 5.74) is 5.44. The zero-order valence-electron chi connectivity index (χ0n) is 20.5. The summed E-state index contributed by atoms with van der Waals surface area (Å²) in [5, 5.41) is 7.14. The van der Waals surface area contributed by atoms with E-state index in [9.17, 15) is 0 Å². The number of nitrogens with zero attached hydrogens (tertiary/aromatic N) is 4. The molecular weight excluding hydrogens is 511 g/mol. The number of aryl methyl sites for hydroxylation is 1. The second-order valence-electron chi connectivity index (χ2n) is 9.20. The average molecular weight is 555 g/mol. The quantitative estimate of drug-likeness (QED) is 0.235. The largest absolute Gasteiger partial charge is 0.369 e. The summed E-state index contributed by atoms with van der Waals surface area (Å²) in [6.45, 7) is 20.3. The van der Waals surface area contributed by atoms with Gasteiger partial charge in [-0.3, -0.25) is 14.8 Å². The minimum atomic E-state index is 0. The Balaban J connectivity index is 0.00000363. The topological polar surface area (TPSA) is 46.1 Å². The van der Waals surface area contributed by atoms with Crippen molar-refractivity contribution in [3.05, 3.63) is 41.5 Å². The lowest BCUT2D eigenvalue weighted by molar-refractivity contribution is 0.220. The normalized spacial score (nSPS) is 18.9. The highest BCUT2D eigenvalue weighted by molar-refractivity contribution is 14.0. The minimum Gasteiger partial charge on any atom is -0.369 e. The molecule has 3 rings (SSSR count). The Kier molecular flexibility index (Phi) is 11.3. The number of guanidine groups is 1. The maximum Gasteiger partial charge on any atom is 0.191 e.